The first-order chi connectivity index (χ1) is 12.6. The zero-order chi connectivity index (χ0) is 18.7. The van der Waals surface area contributed by atoms with Gasteiger partial charge in [-0.15, -0.1) is 0 Å². The van der Waals surface area contributed by atoms with E-state index in [0.717, 1.165) is 56.2 Å². The van der Waals surface area contributed by atoms with Gasteiger partial charge in [-0.3, -0.25) is 4.79 Å². The van der Waals surface area contributed by atoms with Crippen LogP contribution in [0.15, 0.2) is 24.4 Å². The first kappa shape index (κ1) is 18.4. The first-order valence-electron chi connectivity index (χ1n) is 9.58. The number of nitrogens with zero attached hydrogens (tertiary/aromatic N) is 5. The Labute approximate surface area is 155 Å². The van der Waals surface area contributed by atoms with E-state index in [4.69, 9.17) is 5.10 Å². The molecule has 26 heavy (non-hydrogen) atoms. The van der Waals surface area contributed by atoms with E-state index >= 15 is 0 Å². The Morgan fingerprint density at radius 2 is 1.81 bits per heavy atom. The van der Waals surface area contributed by atoms with Crippen molar-refractivity contribution < 1.29 is 4.79 Å². The van der Waals surface area contributed by atoms with Crippen molar-refractivity contribution in [3.63, 3.8) is 0 Å². The van der Waals surface area contributed by atoms with Gasteiger partial charge in [0.25, 0.3) is 0 Å². The molecular formula is C20H29N5O. The molecule has 0 saturated carbocycles. The summed E-state index contributed by atoms with van der Waals surface area (Å²) in [7, 11) is 0. The molecule has 6 heteroatoms. The molecule has 2 aromatic rings. The average Bonchev–Trinajstić information content (AvgIpc) is 2.98. The molecule has 0 aliphatic carbocycles. The molecule has 0 unspecified atom stereocenters. The average molecular weight is 355 g/mol. The van der Waals surface area contributed by atoms with Crippen LogP contribution in [0.5, 0.6) is 0 Å². The summed E-state index contributed by atoms with van der Waals surface area (Å²) in [6, 6.07) is 5.85. The van der Waals surface area contributed by atoms with Crippen LogP contribution in [0, 0.1) is 19.8 Å². The SMILES string of the molecule is CCC(CC)C(=O)N1CCN(c2c(C)nn(-c3ccccn3)c2C)CC1. The van der Waals surface area contributed by atoms with Gasteiger partial charge in [-0.05, 0) is 38.8 Å². The van der Waals surface area contributed by atoms with Gasteiger partial charge in [0.2, 0.25) is 5.91 Å². The molecule has 0 atom stereocenters. The number of piperazine rings is 1. The van der Waals surface area contributed by atoms with E-state index < -0.39 is 0 Å². The minimum atomic E-state index is 0.164. The number of pyridine rings is 1. The number of anilines is 1. The van der Waals surface area contributed by atoms with E-state index in [9.17, 15) is 4.79 Å². The highest BCUT2D eigenvalue weighted by molar-refractivity contribution is 5.79. The van der Waals surface area contributed by atoms with Gasteiger partial charge in [0.05, 0.1) is 17.1 Å². The lowest BCUT2D eigenvalue weighted by atomic mass is 10.0. The van der Waals surface area contributed by atoms with Crippen molar-refractivity contribution in [2.75, 3.05) is 31.1 Å². The summed E-state index contributed by atoms with van der Waals surface area (Å²) in [5.41, 5.74) is 3.28. The van der Waals surface area contributed by atoms with Gasteiger partial charge >= 0.3 is 0 Å². The second-order valence-electron chi connectivity index (χ2n) is 6.94. The predicted molar refractivity (Wildman–Crippen MR) is 104 cm³/mol. The number of aryl methyl sites for hydroxylation is 1. The molecule has 2 aromatic heterocycles. The number of hydrogen-bond donors (Lipinski definition) is 0. The highest BCUT2D eigenvalue weighted by Gasteiger charge is 2.28. The van der Waals surface area contributed by atoms with Crippen LogP contribution in [0.2, 0.25) is 0 Å². The van der Waals surface area contributed by atoms with Crippen molar-refractivity contribution in [3.05, 3.63) is 35.8 Å². The third-order valence-corrected chi connectivity index (χ3v) is 5.36. The molecule has 0 bridgehead atoms. The second-order valence-corrected chi connectivity index (χ2v) is 6.94. The van der Waals surface area contributed by atoms with Crippen molar-refractivity contribution in [1.82, 2.24) is 19.7 Å². The van der Waals surface area contributed by atoms with Crippen molar-refractivity contribution in [3.8, 4) is 5.82 Å². The third-order valence-electron chi connectivity index (χ3n) is 5.36. The molecule has 1 saturated heterocycles. The standard InChI is InChI=1S/C20H29N5O/c1-5-17(6-2)20(26)24-13-11-23(12-14-24)19-15(3)22-25(16(19)4)18-9-7-8-10-21-18/h7-10,17H,5-6,11-14H2,1-4H3. The Balaban J connectivity index is 1.74. The number of carbonyl (C=O) groups excluding carboxylic acids is 1. The predicted octanol–water partition coefficient (Wildman–Crippen LogP) is 2.97. The molecule has 6 nitrogen and oxygen atoms in total. The van der Waals surface area contributed by atoms with Gasteiger partial charge in [0, 0.05) is 38.3 Å². The van der Waals surface area contributed by atoms with E-state index in [0.29, 0.717) is 5.91 Å². The zero-order valence-corrected chi connectivity index (χ0v) is 16.3. The highest BCUT2D eigenvalue weighted by Crippen LogP contribution is 2.27. The van der Waals surface area contributed by atoms with Crippen LogP contribution in [0.3, 0.4) is 0 Å². The number of amides is 1. The molecule has 140 valence electrons. The minimum Gasteiger partial charge on any atom is -0.365 e. The lowest BCUT2D eigenvalue weighted by Crippen LogP contribution is -2.50. The summed E-state index contributed by atoms with van der Waals surface area (Å²) in [5, 5.41) is 4.70. The lowest BCUT2D eigenvalue weighted by molar-refractivity contribution is -0.136. The van der Waals surface area contributed by atoms with Gasteiger partial charge < -0.3 is 9.80 Å². The van der Waals surface area contributed by atoms with Crippen LogP contribution in [0.25, 0.3) is 5.82 Å². The fraction of sp³-hybridized carbons (Fsp3) is 0.550. The minimum absolute atomic E-state index is 0.164. The van der Waals surface area contributed by atoms with Gasteiger partial charge in [-0.25, -0.2) is 9.67 Å². The molecule has 1 fully saturated rings. The topological polar surface area (TPSA) is 54.3 Å². The van der Waals surface area contributed by atoms with Crippen LogP contribution in [0.4, 0.5) is 5.69 Å². The van der Waals surface area contributed by atoms with Crippen LogP contribution >= 0.6 is 0 Å². The van der Waals surface area contributed by atoms with Crippen LogP contribution in [-0.2, 0) is 4.79 Å². The number of hydrogen-bond acceptors (Lipinski definition) is 4. The van der Waals surface area contributed by atoms with Gasteiger partial charge in [-0.1, -0.05) is 19.9 Å². The summed E-state index contributed by atoms with van der Waals surface area (Å²) in [6.07, 6.45) is 3.63. The van der Waals surface area contributed by atoms with Crippen molar-refractivity contribution in [2.45, 2.75) is 40.5 Å². The van der Waals surface area contributed by atoms with E-state index in [1.54, 1.807) is 6.20 Å². The summed E-state index contributed by atoms with van der Waals surface area (Å²) in [5.74, 6) is 1.31. The molecule has 1 aliphatic heterocycles. The van der Waals surface area contributed by atoms with E-state index in [2.05, 4.69) is 30.7 Å². The van der Waals surface area contributed by atoms with Gasteiger partial charge in [-0.2, -0.15) is 5.10 Å². The molecule has 3 heterocycles. The number of aromatic nitrogens is 3. The van der Waals surface area contributed by atoms with E-state index in [1.807, 2.05) is 34.7 Å². The lowest BCUT2D eigenvalue weighted by Gasteiger charge is -2.37. The third kappa shape index (κ3) is 3.45. The Morgan fingerprint density at radius 3 is 2.38 bits per heavy atom. The Morgan fingerprint density at radius 1 is 1.12 bits per heavy atom. The molecule has 0 aromatic carbocycles. The quantitative estimate of drug-likeness (QED) is 0.827. The molecular weight excluding hydrogens is 326 g/mol. The monoisotopic (exact) mass is 355 g/mol. The first-order valence-corrected chi connectivity index (χ1v) is 9.58. The maximum absolute atomic E-state index is 12.6. The van der Waals surface area contributed by atoms with Gasteiger partial charge in [0.1, 0.15) is 0 Å². The number of carbonyl (C=O) groups is 1. The van der Waals surface area contributed by atoms with E-state index in [-0.39, 0.29) is 5.92 Å². The van der Waals surface area contributed by atoms with Crippen LogP contribution in [-0.4, -0.2) is 51.8 Å². The summed E-state index contributed by atoms with van der Waals surface area (Å²) < 4.78 is 1.91. The summed E-state index contributed by atoms with van der Waals surface area (Å²) in [6.45, 7) is 11.6. The maximum Gasteiger partial charge on any atom is 0.225 e. The molecule has 0 N–H and O–H groups in total. The molecule has 1 amide bonds. The maximum atomic E-state index is 12.6. The fourth-order valence-electron chi connectivity index (χ4n) is 3.84. The van der Waals surface area contributed by atoms with Crippen LogP contribution < -0.4 is 4.90 Å². The van der Waals surface area contributed by atoms with E-state index in [1.165, 1.54) is 5.69 Å². The fourth-order valence-corrected chi connectivity index (χ4v) is 3.84. The largest absolute Gasteiger partial charge is 0.365 e. The normalized spacial score (nSPS) is 15.0. The zero-order valence-electron chi connectivity index (χ0n) is 16.3. The Bertz CT molecular complexity index is 743. The Kier molecular flexibility index (Phi) is 5.59. The Hall–Kier alpha value is -2.37. The van der Waals surface area contributed by atoms with Crippen molar-refractivity contribution in [2.24, 2.45) is 5.92 Å². The van der Waals surface area contributed by atoms with Crippen LogP contribution in [0.1, 0.15) is 38.1 Å². The highest BCUT2D eigenvalue weighted by atomic mass is 16.2. The van der Waals surface area contributed by atoms with Gasteiger partial charge in [0.15, 0.2) is 5.82 Å². The molecule has 1 aliphatic rings. The second kappa shape index (κ2) is 7.89. The summed E-state index contributed by atoms with van der Waals surface area (Å²) in [4.78, 5) is 21.4. The number of rotatable bonds is 5. The summed E-state index contributed by atoms with van der Waals surface area (Å²) >= 11 is 0. The molecule has 0 radical (unpaired) electrons. The molecule has 0 spiro atoms. The van der Waals surface area contributed by atoms with Crippen molar-refractivity contribution >= 4 is 11.6 Å². The molecule has 3 rings (SSSR count). The van der Waals surface area contributed by atoms with Crippen molar-refractivity contribution in [1.29, 1.82) is 0 Å². The smallest absolute Gasteiger partial charge is 0.225 e.